The van der Waals surface area contributed by atoms with Crippen LogP contribution in [0, 0.1) is 0 Å². The van der Waals surface area contributed by atoms with Crippen molar-refractivity contribution in [1.82, 2.24) is 9.80 Å². The van der Waals surface area contributed by atoms with E-state index in [4.69, 9.17) is 28.4 Å². The summed E-state index contributed by atoms with van der Waals surface area (Å²) in [5.41, 5.74) is 0. The summed E-state index contributed by atoms with van der Waals surface area (Å²) in [6.45, 7) is 4.08. The van der Waals surface area contributed by atoms with Crippen molar-refractivity contribution >= 4 is 35.8 Å². The predicted octanol–water partition coefficient (Wildman–Crippen LogP) is 5.97. The van der Waals surface area contributed by atoms with E-state index in [1.54, 1.807) is 0 Å². The summed E-state index contributed by atoms with van der Waals surface area (Å²) in [6, 6.07) is 0. The number of hydrogen-bond donors (Lipinski definition) is 1. The van der Waals surface area contributed by atoms with Gasteiger partial charge in [-0.2, -0.15) is 0 Å². The molecule has 0 aromatic heterocycles. The van der Waals surface area contributed by atoms with Crippen LogP contribution in [0.1, 0.15) is 174 Å². The number of nitrogens with zero attached hydrogens (tertiary/aromatic N) is 2. The molecule has 0 amide bonds. The van der Waals surface area contributed by atoms with Crippen LogP contribution in [0.25, 0.3) is 0 Å². The van der Waals surface area contributed by atoms with E-state index in [1.165, 1.54) is 54.7 Å². The first kappa shape index (κ1) is 54.8. The molecule has 0 radical (unpaired) electrons. The SMILES string of the molecule is CCCCCCCCOC(=O)CN1CC(=O)OCCCCCCCCCCCCCCCOC(=O)CN(CC(=O)OCCCCCCCC)CC(=O)O[C@@H]2C[NH2+]C[C@@H]2OC(=O)C1. The van der Waals surface area contributed by atoms with Crippen LogP contribution in [-0.2, 0) is 57.2 Å². The van der Waals surface area contributed by atoms with Crippen LogP contribution in [0.3, 0.4) is 0 Å². The van der Waals surface area contributed by atoms with Gasteiger partial charge >= 0.3 is 35.8 Å². The van der Waals surface area contributed by atoms with Crippen molar-refractivity contribution in [2.75, 3.05) is 78.8 Å². The Morgan fingerprint density at radius 2 is 0.806 bits per heavy atom. The molecule has 2 saturated heterocycles. The average Bonchev–Trinajstić information content (AvgIpc) is 3.65. The molecular weight excluding hydrogens is 799 g/mol. The molecule has 0 saturated carbocycles. The first-order valence-corrected chi connectivity index (χ1v) is 24.5. The van der Waals surface area contributed by atoms with Crippen LogP contribution in [0.5, 0.6) is 0 Å². The maximum atomic E-state index is 13.3. The van der Waals surface area contributed by atoms with Crippen molar-refractivity contribution < 1.29 is 62.5 Å². The first-order valence-electron chi connectivity index (χ1n) is 24.5. The molecule has 2 rings (SSSR count). The Balaban J connectivity index is 2.06. The maximum absolute atomic E-state index is 13.3. The van der Waals surface area contributed by atoms with Crippen molar-refractivity contribution in [3.8, 4) is 0 Å². The van der Waals surface area contributed by atoms with E-state index in [2.05, 4.69) is 13.8 Å². The minimum atomic E-state index is -0.801. The summed E-state index contributed by atoms with van der Waals surface area (Å²) in [6.07, 6.45) is 24.7. The van der Waals surface area contributed by atoms with Gasteiger partial charge in [0.1, 0.15) is 13.1 Å². The van der Waals surface area contributed by atoms with Crippen molar-refractivity contribution in [2.24, 2.45) is 0 Å². The van der Waals surface area contributed by atoms with Crippen LogP contribution < -0.4 is 5.32 Å². The number of esters is 6. The lowest BCUT2D eigenvalue weighted by Crippen LogP contribution is -2.82. The number of hydrogen-bond acceptors (Lipinski definition) is 14. The molecule has 0 bridgehead atoms. The quantitative estimate of drug-likeness (QED) is 0.0966. The molecule has 15 heteroatoms. The molecule has 2 N–H and O–H groups in total. The molecule has 2 heterocycles. The van der Waals surface area contributed by atoms with Gasteiger partial charge in [-0.05, 0) is 25.7 Å². The average molecular weight is 883 g/mol. The summed E-state index contributed by atoms with van der Waals surface area (Å²) in [4.78, 5) is 80.7. The zero-order chi connectivity index (χ0) is 44.9. The monoisotopic (exact) mass is 883 g/mol. The van der Waals surface area contributed by atoms with E-state index in [1.807, 2.05) is 5.32 Å². The van der Waals surface area contributed by atoms with Gasteiger partial charge in [0, 0.05) is 0 Å². The topological polar surface area (TPSA) is 181 Å². The lowest BCUT2D eigenvalue weighted by Gasteiger charge is -2.23. The zero-order valence-electron chi connectivity index (χ0n) is 38.7. The highest BCUT2D eigenvalue weighted by Gasteiger charge is 2.38. The van der Waals surface area contributed by atoms with Gasteiger partial charge in [0.05, 0.1) is 65.7 Å². The van der Waals surface area contributed by atoms with Crippen molar-refractivity contribution in [1.29, 1.82) is 0 Å². The molecule has 358 valence electrons. The normalized spacial score (nSPS) is 21.3. The number of nitrogens with two attached hydrogens (primary N) is 1. The van der Waals surface area contributed by atoms with Crippen LogP contribution in [0.2, 0.25) is 0 Å². The minimum Gasteiger partial charge on any atom is -0.465 e. The third kappa shape index (κ3) is 29.9. The Morgan fingerprint density at radius 1 is 0.484 bits per heavy atom. The van der Waals surface area contributed by atoms with E-state index < -0.39 is 48.0 Å². The Bertz CT molecular complexity index is 1150. The summed E-state index contributed by atoms with van der Waals surface area (Å²) in [7, 11) is 0. The molecule has 2 atom stereocenters. The second-order valence-electron chi connectivity index (χ2n) is 17.1. The van der Waals surface area contributed by atoms with Crippen molar-refractivity contribution in [2.45, 2.75) is 187 Å². The summed E-state index contributed by atoms with van der Waals surface area (Å²) in [5.74, 6) is -3.58. The fraction of sp³-hybridized carbons (Fsp3) is 0.872. The van der Waals surface area contributed by atoms with E-state index in [0.717, 1.165) is 116 Å². The van der Waals surface area contributed by atoms with E-state index in [9.17, 15) is 28.8 Å². The van der Waals surface area contributed by atoms with Crippen molar-refractivity contribution in [3.05, 3.63) is 0 Å². The molecular formula is C47H84N3O12+. The number of unbranched alkanes of at least 4 members (excludes halogenated alkanes) is 10. The number of fused-ring (bicyclic) bond motifs is 1. The van der Waals surface area contributed by atoms with E-state index in [-0.39, 0.29) is 65.7 Å². The van der Waals surface area contributed by atoms with Gasteiger partial charge in [-0.25, -0.2) is 0 Å². The molecule has 0 spiro atoms. The molecule has 62 heavy (non-hydrogen) atoms. The second-order valence-corrected chi connectivity index (χ2v) is 17.1. The van der Waals surface area contributed by atoms with Gasteiger partial charge in [-0.1, -0.05) is 149 Å². The van der Waals surface area contributed by atoms with Gasteiger partial charge in [-0.15, -0.1) is 0 Å². The van der Waals surface area contributed by atoms with Crippen molar-refractivity contribution in [3.63, 3.8) is 0 Å². The molecule has 2 aliphatic heterocycles. The standard InChI is InChI=1S/C47H83N3O12/c1-3-5-7-9-20-24-28-57-42(51)34-49-36-44(53)59-30-26-22-18-16-14-12-11-13-15-17-19-23-27-31-60-45(54)37-50(35-43(52)58-29-25-21-10-8-6-4-2)39-47(56)62-41-33-48-32-40(41)61-46(55)38-49/h40-41,48H,3-39H2,1-2H3/p+1/t40-,41+. The Morgan fingerprint density at radius 3 is 1.18 bits per heavy atom. The lowest BCUT2D eigenvalue weighted by atomic mass is 10.0. The third-order valence-electron chi connectivity index (χ3n) is 11.2. The fourth-order valence-electron chi connectivity index (χ4n) is 7.66. The van der Waals surface area contributed by atoms with Gasteiger partial charge < -0.3 is 33.7 Å². The zero-order valence-corrected chi connectivity index (χ0v) is 38.7. The third-order valence-corrected chi connectivity index (χ3v) is 11.2. The molecule has 2 fully saturated rings. The smallest absolute Gasteiger partial charge is 0.320 e. The van der Waals surface area contributed by atoms with Gasteiger partial charge in [0.15, 0.2) is 12.2 Å². The summed E-state index contributed by atoms with van der Waals surface area (Å²) < 4.78 is 33.4. The fourth-order valence-corrected chi connectivity index (χ4v) is 7.66. The highest BCUT2D eigenvalue weighted by Crippen LogP contribution is 2.14. The number of quaternary nitrogens is 1. The number of ether oxygens (including phenoxy) is 6. The molecule has 0 unspecified atom stereocenters. The Hall–Kier alpha value is -3.30. The predicted molar refractivity (Wildman–Crippen MR) is 235 cm³/mol. The van der Waals surface area contributed by atoms with Gasteiger partial charge in [0.2, 0.25) is 0 Å². The number of carbonyl (C=O) groups is 6. The summed E-state index contributed by atoms with van der Waals surface area (Å²) >= 11 is 0. The number of carbonyl (C=O) groups excluding carboxylic acids is 6. The van der Waals surface area contributed by atoms with Crippen LogP contribution in [0.15, 0.2) is 0 Å². The Labute approximate surface area is 372 Å². The highest BCUT2D eigenvalue weighted by molar-refractivity contribution is 5.79. The minimum absolute atomic E-state index is 0.262. The highest BCUT2D eigenvalue weighted by atomic mass is 16.6. The van der Waals surface area contributed by atoms with Crippen LogP contribution in [0.4, 0.5) is 0 Å². The molecule has 2 aliphatic rings. The molecule has 0 aromatic carbocycles. The van der Waals surface area contributed by atoms with Crippen LogP contribution >= 0.6 is 0 Å². The molecule has 0 aliphatic carbocycles. The van der Waals surface area contributed by atoms with E-state index >= 15 is 0 Å². The second kappa shape index (κ2) is 37.1. The lowest BCUT2D eigenvalue weighted by molar-refractivity contribution is -0.640. The molecule has 15 nitrogen and oxygen atoms in total. The summed E-state index contributed by atoms with van der Waals surface area (Å²) in [5, 5.41) is 1.85. The Kier molecular flexibility index (Phi) is 32.8. The van der Waals surface area contributed by atoms with Gasteiger partial charge in [-0.3, -0.25) is 38.6 Å². The van der Waals surface area contributed by atoms with Gasteiger partial charge in [0.25, 0.3) is 0 Å². The maximum Gasteiger partial charge on any atom is 0.320 e. The molecule has 0 aromatic rings. The largest absolute Gasteiger partial charge is 0.465 e. The number of rotatable bonds is 18. The van der Waals surface area contributed by atoms with E-state index in [0.29, 0.717) is 13.1 Å². The number of cyclic esters (lactones) is 2. The van der Waals surface area contributed by atoms with Crippen LogP contribution in [-0.4, -0.2) is 137 Å². The first-order chi connectivity index (χ1) is 30.2.